The van der Waals surface area contributed by atoms with Crippen LogP contribution in [0, 0.1) is 0 Å². The summed E-state index contributed by atoms with van der Waals surface area (Å²) in [5.74, 6) is 0.714. The second-order valence-electron chi connectivity index (χ2n) is 5.49. The zero-order valence-corrected chi connectivity index (χ0v) is 18.0. The largest absolute Gasteiger partial charge is 0.386 e. The fraction of sp³-hybridized carbons (Fsp3) is 0.500. The highest BCUT2D eigenvalue weighted by atomic mass is 127. The van der Waals surface area contributed by atoms with E-state index in [1.807, 2.05) is 19.1 Å². The van der Waals surface area contributed by atoms with E-state index in [4.69, 9.17) is 4.74 Å². The van der Waals surface area contributed by atoms with E-state index in [9.17, 15) is 5.11 Å². The first-order chi connectivity index (χ1) is 11.7. The van der Waals surface area contributed by atoms with Crippen LogP contribution in [0.3, 0.4) is 0 Å². The van der Waals surface area contributed by atoms with Gasteiger partial charge in [-0.3, -0.25) is 4.99 Å². The van der Waals surface area contributed by atoms with Gasteiger partial charge in [-0.05, 0) is 37.3 Å². The Morgan fingerprint density at radius 2 is 2.08 bits per heavy atom. The molecule has 2 rings (SSSR count). The number of guanidine groups is 1. The van der Waals surface area contributed by atoms with Gasteiger partial charge in [-0.25, -0.2) is 0 Å². The molecule has 0 fully saturated rings. The molecule has 0 aliphatic heterocycles. The molecule has 1 aromatic heterocycles. The number of nitrogens with zero attached hydrogens (tertiary/aromatic N) is 1. The maximum absolute atomic E-state index is 10.4. The lowest BCUT2D eigenvalue weighted by Gasteiger charge is -2.14. The van der Waals surface area contributed by atoms with Gasteiger partial charge < -0.3 is 20.5 Å². The van der Waals surface area contributed by atoms with Gasteiger partial charge in [0.25, 0.3) is 0 Å². The van der Waals surface area contributed by atoms with Gasteiger partial charge in [-0.15, -0.1) is 35.3 Å². The molecule has 1 aromatic carbocycles. The molecule has 2 aromatic rings. The van der Waals surface area contributed by atoms with Crippen LogP contribution in [0.25, 0.3) is 10.1 Å². The number of fused-ring (bicyclic) bond motifs is 1. The minimum atomic E-state index is -0.543. The molecular weight excluding hydrogens is 449 g/mol. The van der Waals surface area contributed by atoms with Crippen LogP contribution in [-0.2, 0) is 4.74 Å². The molecule has 0 radical (unpaired) electrons. The second-order valence-corrected chi connectivity index (χ2v) is 6.60. The number of halogens is 1. The predicted octanol–water partition coefficient (Wildman–Crippen LogP) is 3.53. The summed E-state index contributed by atoms with van der Waals surface area (Å²) >= 11 is 1.63. The van der Waals surface area contributed by atoms with E-state index in [0.29, 0.717) is 12.5 Å². The third-order valence-corrected chi connectivity index (χ3v) is 4.89. The van der Waals surface area contributed by atoms with Crippen molar-refractivity contribution in [3.8, 4) is 0 Å². The zero-order chi connectivity index (χ0) is 17.2. The topological polar surface area (TPSA) is 65.9 Å². The summed E-state index contributed by atoms with van der Waals surface area (Å²) < 4.78 is 6.51. The van der Waals surface area contributed by atoms with E-state index in [-0.39, 0.29) is 24.0 Å². The predicted molar refractivity (Wildman–Crippen MR) is 117 cm³/mol. The number of benzene rings is 1. The number of nitrogens with one attached hydrogen (secondary N) is 2. The Kier molecular flexibility index (Phi) is 11.0. The van der Waals surface area contributed by atoms with Crippen LogP contribution >= 0.6 is 35.3 Å². The van der Waals surface area contributed by atoms with Crippen molar-refractivity contribution in [2.24, 2.45) is 4.99 Å². The molecule has 25 heavy (non-hydrogen) atoms. The Labute approximate surface area is 170 Å². The molecule has 0 saturated heterocycles. The molecule has 1 atom stereocenters. The van der Waals surface area contributed by atoms with Crippen molar-refractivity contribution in [2.75, 3.05) is 33.4 Å². The summed E-state index contributed by atoms with van der Waals surface area (Å²) in [4.78, 5) is 5.15. The van der Waals surface area contributed by atoms with Crippen molar-refractivity contribution in [3.05, 3.63) is 35.2 Å². The van der Waals surface area contributed by atoms with Crippen LogP contribution in [0.15, 0.2) is 35.3 Å². The number of unbranched alkanes of at least 4 members (excludes halogenated alkanes) is 1. The first-order valence-corrected chi connectivity index (χ1v) is 9.25. The van der Waals surface area contributed by atoms with Crippen molar-refractivity contribution < 1.29 is 9.84 Å². The van der Waals surface area contributed by atoms with Gasteiger partial charge in [0.15, 0.2) is 5.96 Å². The van der Waals surface area contributed by atoms with Gasteiger partial charge in [0, 0.05) is 42.9 Å². The van der Waals surface area contributed by atoms with E-state index in [1.54, 1.807) is 18.4 Å². The lowest BCUT2D eigenvalue weighted by atomic mass is 10.2. The van der Waals surface area contributed by atoms with Gasteiger partial charge in [0.2, 0.25) is 0 Å². The zero-order valence-electron chi connectivity index (χ0n) is 14.8. The number of aliphatic hydroxyl groups excluding tert-OH is 1. The van der Waals surface area contributed by atoms with Crippen molar-refractivity contribution in [1.82, 2.24) is 10.6 Å². The minimum absolute atomic E-state index is 0. The molecule has 0 bridgehead atoms. The molecule has 3 N–H and O–H groups in total. The van der Waals surface area contributed by atoms with Crippen LogP contribution in [0.2, 0.25) is 0 Å². The third-order valence-electron chi connectivity index (χ3n) is 3.67. The fourth-order valence-corrected chi connectivity index (χ4v) is 3.41. The molecule has 5 nitrogen and oxygen atoms in total. The fourth-order valence-electron chi connectivity index (χ4n) is 2.36. The Morgan fingerprint density at radius 1 is 1.28 bits per heavy atom. The van der Waals surface area contributed by atoms with E-state index in [0.717, 1.165) is 37.5 Å². The quantitative estimate of drug-likeness (QED) is 0.224. The lowest BCUT2D eigenvalue weighted by molar-refractivity contribution is 0.143. The van der Waals surface area contributed by atoms with E-state index in [2.05, 4.69) is 33.8 Å². The standard InChI is InChI=1S/C18H27N3O2S.HI/c1-3-23-11-7-6-10-20-18(19-2)21-13-15(22)17-12-14-8-4-5-9-16(14)24-17;/h4-5,8-9,12,15,22H,3,6-7,10-11,13H2,1-2H3,(H2,19,20,21);1H. The average molecular weight is 477 g/mol. The Bertz CT molecular complexity index is 615. The van der Waals surface area contributed by atoms with Gasteiger partial charge in [0.05, 0.1) is 0 Å². The number of rotatable bonds is 9. The molecule has 0 aliphatic rings. The molecule has 0 aliphatic carbocycles. The SMILES string of the molecule is CCOCCCCNC(=NC)NCC(O)c1cc2ccccc2s1.I. The molecule has 1 unspecified atom stereocenters. The summed E-state index contributed by atoms with van der Waals surface area (Å²) in [5, 5.41) is 18.0. The monoisotopic (exact) mass is 477 g/mol. The molecule has 140 valence electrons. The maximum Gasteiger partial charge on any atom is 0.191 e. The number of hydrogen-bond donors (Lipinski definition) is 3. The average Bonchev–Trinajstić information content (AvgIpc) is 3.04. The molecule has 0 spiro atoms. The Balaban J connectivity index is 0.00000312. The first kappa shape index (κ1) is 22.1. The van der Waals surface area contributed by atoms with Gasteiger partial charge in [0.1, 0.15) is 6.10 Å². The highest BCUT2D eigenvalue weighted by Crippen LogP contribution is 2.29. The lowest BCUT2D eigenvalue weighted by Crippen LogP contribution is -2.39. The van der Waals surface area contributed by atoms with Crippen LogP contribution in [0.5, 0.6) is 0 Å². The Morgan fingerprint density at radius 3 is 2.80 bits per heavy atom. The van der Waals surface area contributed by atoms with Gasteiger partial charge in [-0.1, -0.05) is 18.2 Å². The summed E-state index contributed by atoms with van der Waals surface area (Å²) in [6.07, 6.45) is 1.51. The minimum Gasteiger partial charge on any atom is -0.386 e. The number of hydrogen-bond acceptors (Lipinski definition) is 4. The maximum atomic E-state index is 10.4. The van der Waals surface area contributed by atoms with Gasteiger partial charge >= 0.3 is 0 Å². The van der Waals surface area contributed by atoms with Crippen LogP contribution in [-0.4, -0.2) is 44.4 Å². The Hall–Kier alpha value is -0.900. The second kappa shape index (κ2) is 12.5. The van der Waals surface area contributed by atoms with Crippen molar-refractivity contribution in [1.29, 1.82) is 0 Å². The number of ether oxygens (including phenoxy) is 1. The smallest absolute Gasteiger partial charge is 0.191 e. The summed E-state index contributed by atoms with van der Waals surface area (Å²) in [7, 11) is 1.74. The summed E-state index contributed by atoms with van der Waals surface area (Å²) in [6.45, 7) is 4.85. The van der Waals surface area contributed by atoms with Crippen LogP contribution in [0.4, 0.5) is 0 Å². The van der Waals surface area contributed by atoms with Crippen LogP contribution in [0.1, 0.15) is 30.7 Å². The third kappa shape index (κ3) is 7.47. The van der Waals surface area contributed by atoms with Crippen LogP contribution < -0.4 is 10.6 Å². The molecule has 0 amide bonds. The molecule has 7 heteroatoms. The molecule has 0 saturated carbocycles. The molecule has 1 heterocycles. The van der Waals surface area contributed by atoms with E-state index >= 15 is 0 Å². The highest BCUT2D eigenvalue weighted by molar-refractivity contribution is 14.0. The van der Waals surface area contributed by atoms with E-state index in [1.165, 1.54) is 10.1 Å². The highest BCUT2D eigenvalue weighted by Gasteiger charge is 2.12. The van der Waals surface area contributed by atoms with Gasteiger partial charge in [-0.2, -0.15) is 0 Å². The molecular formula is C18H28IN3O2S. The summed E-state index contributed by atoms with van der Waals surface area (Å²) in [6, 6.07) is 10.2. The van der Waals surface area contributed by atoms with Crippen molar-refractivity contribution in [2.45, 2.75) is 25.9 Å². The van der Waals surface area contributed by atoms with Crippen molar-refractivity contribution in [3.63, 3.8) is 0 Å². The normalized spacial score (nSPS) is 12.7. The number of aliphatic imine (C=N–C) groups is 1. The van der Waals surface area contributed by atoms with Crippen molar-refractivity contribution >= 4 is 51.4 Å². The first-order valence-electron chi connectivity index (χ1n) is 8.43. The number of thiophene rings is 1. The number of aliphatic hydroxyl groups is 1. The summed E-state index contributed by atoms with van der Waals surface area (Å²) in [5.41, 5.74) is 0. The van der Waals surface area contributed by atoms with E-state index < -0.39 is 6.10 Å².